The van der Waals surface area contributed by atoms with E-state index < -0.39 is 0 Å². The predicted molar refractivity (Wildman–Crippen MR) is 65.1 cm³/mol. The molecule has 3 aliphatic rings. The molecule has 0 spiro atoms. The number of piperazine rings is 1. The first kappa shape index (κ1) is 10.5. The summed E-state index contributed by atoms with van der Waals surface area (Å²) in [6.07, 6.45) is 3.39. The lowest BCUT2D eigenvalue weighted by Gasteiger charge is -2.35. The maximum absolute atomic E-state index is 4.32. The number of hydrogen-bond acceptors (Lipinski definition) is 5. The molecule has 0 unspecified atom stereocenters. The van der Waals surface area contributed by atoms with Gasteiger partial charge in [-0.15, -0.1) is 0 Å². The molecule has 0 aliphatic carbocycles. The van der Waals surface area contributed by atoms with Crippen LogP contribution in [0.2, 0.25) is 0 Å². The van der Waals surface area contributed by atoms with Crippen LogP contribution in [0.15, 0.2) is 12.7 Å². The fourth-order valence-electron chi connectivity index (χ4n) is 2.27. The Morgan fingerprint density at radius 1 is 1.00 bits per heavy atom. The molecule has 90 valence electrons. The summed E-state index contributed by atoms with van der Waals surface area (Å²) in [5.74, 6) is 1.86. The molecule has 0 aromatic heterocycles. The predicted octanol–water partition coefficient (Wildman–Crippen LogP) is 0.0667. The van der Waals surface area contributed by atoms with E-state index in [0.29, 0.717) is 0 Å². The molecule has 1 saturated heterocycles. The van der Waals surface area contributed by atoms with Gasteiger partial charge in [0, 0.05) is 33.2 Å². The van der Waals surface area contributed by atoms with Crippen molar-refractivity contribution >= 4 is 5.82 Å². The maximum Gasteiger partial charge on any atom is 0.184 e. The van der Waals surface area contributed by atoms with Gasteiger partial charge in [-0.25, -0.2) is 15.0 Å². The van der Waals surface area contributed by atoms with Gasteiger partial charge in [-0.3, -0.25) is 0 Å². The fourth-order valence-corrected chi connectivity index (χ4v) is 2.27. The molecule has 17 heavy (non-hydrogen) atoms. The standard InChI is InChI=1S/C11H16N6/c1-15-3-5-17(6-4-15)11-9-10(13-7-12-9)14-8-16(11)2/h7-8H,3-6H2,1-2H3. The van der Waals surface area contributed by atoms with Crippen molar-refractivity contribution in [3.63, 3.8) is 0 Å². The second-order valence-electron chi connectivity index (χ2n) is 4.52. The van der Waals surface area contributed by atoms with E-state index in [1.807, 2.05) is 17.9 Å². The van der Waals surface area contributed by atoms with Crippen molar-refractivity contribution < 1.29 is 0 Å². The van der Waals surface area contributed by atoms with Crippen LogP contribution < -0.4 is 4.90 Å². The molecule has 6 heteroatoms. The zero-order valence-electron chi connectivity index (χ0n) is 10.2. The van der Waals surface area contributed by atoms with Crippen LogP contribution in [-0.2, 0) is 7.05 Å². The highest BCUT2D eigenvalue weighted by atomic mass is 15.3. The molecule has 3 rings (SSSR count). The molecule has 1 fully saturated rings. The number of imidazole rings is 1. The zero-order valence-corrected chi connectivity index (χ0v) is 10.2. The summed E-state index contributed by atoms with van der Waals surface area (Å²) in [6, 6.07) is 0. The van der Waals surface area contributed by atoms with E-state index in [9.17, 15) is 0 Å². The number of fused-ring (bicyclic) bond motifs is 1. The number of likely N-dealkylation sites (N-methyl/N-ethyl adjacent to an activating group) is 1. The normalized spacial score (nSPS) is 17.9. The SMILES string of the molecule is CN1CCN(c2c3ncnc-3ncn2C)CC1. The molecule has 0 saturated carbocycles. The number of nitrogens with zero attached hydrogens (tertiary/aromatic N) is 6. The van der Waals surface area contributed by atoms with Crippen LogP contribution >= 0.6 is 0 Å². The number of aromatic nitrogens is 4. The van der Waals surface area contributed by atoms with Crippen molar-refractivity contribution in [3.8, 4) is 11.5 Å². The van der Waals surface area contributed by atoms with Crippen LogP contribution in [0.1, 0.15) is 0 Å². The van der Waals surface area contributed by atoms with Gasteiger partial charge in [0.15, 0.2) is 11.5 Å². The minimum atomic E-state index is 0.733. The Morgan fingerprint density at radius 3 is 2.53 bits per heavy atom. The van der Waals surface area contributed by atoms with Crippen LogP contribution in [0.4, 0.5) is 5.82 Å². The summed E-state index contributed by atoms with van der Waals surface area (Å²) in [5.41, 5.74) is 0.902. The van der Waals surface area contributed by atoms with E-state index in [-0.39, 0.29) is 0 Å². The van der Waals surface area contributed by atoms with Gasteiger partial charge in [0.2, 0.25) is 0 Å². The minimum Gasteiger partial charge on any atom is -0.354 e. The quantitative estimate of drug-likeness (QED) is 0.696. The second kappa shape index (κ2) is 3.96. The van der Waals surface area contributed by atoms with Gasteiger partial charge in [0.1, 0.15) is 12.1 Å². The molecule has 0 amide bonds. The van der Waals surface area contributed by atoms with Crippen LogP contribution in [-0.4, -0.2) is 57.6 Å². The molecule has 3 aliphatic heterocycles. The molecule has 0 radical (unpaired) electrons. The van der Waals surface area contributed by atoms with Gasteiger partial charge in [0.25, 0.3) is 0 Å². The Morgan fingerprint density at radius 2 is 1.76 bits per heavy atom. The van der Waals surface area contributed by atoms with Gasteiger partial charge < -0.3 is 14.4 Å². The van der Waals surface area contributed by atoms with Crippen molar-refractivity contribution in [2.45, 2.75) is 0 Å². The van der Waals surface area contributed by atoms with Crippen LogP contribution in [0.5, 0.6) is 0 Å². The molecule has 0 aromatic rings. The molecule has 0 N–H and O–H groups in total. The number of rotatable bonds is 1. The monoisotopic (exact) mass is 232 g/mol. The lowest BCUT2D eigenvalue weighted by molar-refractivity contribution is 0.311. The van der Waals surface area contributed by atoms with Crippen molar-refractivity contribution in [1.82, 2.24) is 24.4 Å². The van der Waals surface area contributed by atoms with Crippen molar-refractivity contribution in [2.75, 3.05) is 38.1 Å². The fraction of sp³-hybridized carbons (Fsp3) is 0.545. The van der Waals surface area contributed by atoms with E-state index in [4.69, 9.17) is 0 Å². The Kier molecular flexibility index (Phi) is 2.44. The van der Waals surface area contributed by atoms with E-state index in [1.165, 1.54) is 0 Å². The van der Waals surface area contributed by atoms with Gasteiger partial charge in [-0.05, 0) is 7.05 Å². The highest BCUT2D eigenvalue weighted by Crippen LogP contribution is 2.27. The van der Waals surface area contributed by atoms with Gasteiger partial charge >= 0.3 is 0 Å². The first-order chi connectivity index (χ1) is 8.25. The topological polar surface area (TPSA) is 50.1 Å². The molecule has 0 atom stereocenters. The molecular weight excluding hydrogens is 216 g/mol. The number of anilines is 1. The largest absolute Gasteiger partial charge is 0.354 e. The third kappa shape index (κ3) is 1.74. The minimum absolute atomic E-state index is 0.733. The lowest BCUT2D eigenvalue weighted by Crippen LogP contribution is -2.45. The van der Waals surface area contributed by atoms with E-state index in [1.54, 1.807) is 6.33 Å². The first-order valence-corrected chi connectivity index (χ1v) is 5.81. The van der Waals surface area contributed by atoms with E-state index in [2.05, 4.69) is 31.8 Å². The van der Waals surface area contributed by atoms with Crippen molar-refractivity contribution in [3.05, 3.63) is 12.7 Å². The Balaban J connectivity index is 1.99. The second-order valence-corrected chi connectivity index (χ2v) is 4.52. The summed E-state index contributed by atoms with van der Waals surface area (Å²) in [4.78, 5) is 17.4. The summed E-state index contributed by atoms with van der Waals surface area (Å²) in [6.45, 7) is 4.21. The Labute approximate surface area is 100 Å². The first-order valence-electron chi connectivity index (χ1n) is 5.81. The summed E-state index contributed by atoms with van der Waals surface area (Å²) >= 11 is 0. The molecule has 6 nitrogen and oxygen atoms in total. The van der Waals surface area contributed by atoms with Crippen molar-refractivity contribution in [1.29, 1.82) is 0 Å². The number of hydrogen-bond donors (Lipinski definition) is 0. The average Bonchev–Trinajstić information content (AvgIpc) is 2.79. The summed E-state index contributed by atoms with van der Waals surface area (Å²) in [7, 11) is 4.16. The average molecular weight is 232 g/mol. The van der Waals surface area contributed by atoms with Gasteiger partial charge in [-0.1, -0.05) is 0 Å². The molecule has 3 heterocycles. The molecule has 0 bridgehead atoms. The zero-order chi connectivity index (χ0) is 11.8. The highest BCUT2D eigenvalue weighted by molar-refractivity contribution is 5.68. The Bertz CT molecular complexity index is 485. The third-order valence-corrected chi connectivity index (χ3v) is 3.28. The van der Waals surface area contributed by atoms with Crippen LogP contribution in [0, 0.1) is 0 Å². The van der Waals surface area contributed by atoms with Gasteiger partial charge in [0.05, 0.1) is 6.33 Å². The molecular formula is C11H16N6. The van der Waals surface area contributed by atoms with Crippen LogP contribution in [0.3, 0.4) is 0 Å². The maximum atomic E-state index is 4.32. The lowest BCUT2D eigenvalue weighted by atomic mass is 10.3. The Hall–Kier alpha value is -1.69. The van der Waals surface area contributed by atoms with Crippen LogP contribution in [0.25, 0.3) is 11.5 Å². The smallest absolute Gasteiger partial charge is 0.184 e. The summed E-state index contributed by atoms with van der Waals surface area (Å²) in [5, 5.41) is 0. The van der Waals surface area contributed by atoms with E-state index >= 15 is 0 Å². The van der Waals surface area contributed by atoms with Crippen molar-refractivity contribution in [2.24, 2.45) is 7.05 Å². The molecule has 0 aromatic carbocycles. The highest BCUT2D eigenvalue weighted by Gasteiger charge is 2.22. The van der Waals surface area contributed by atoms with E-state index in [0.717, 1.165) is 43.5 Å². The third-order valence-electron chi connectivity index (χ3n) is 3.28. The van der Waals surface area contributed by atoms with Gasteiger partial charge in [-0.2, -0.15) is 0 Å². The number of aryl methyl sites for hydroxylation is 1. The summed E-state index contributed by atoms with van der Waals surface area (Å²) < 4.78 is 2.03.